The van der Waals surface area contributed by atoms with E-state index in [1.54, 1.807) is 18.2 Å². The molecule has 0 fully saturated rings. The van der Waals surface area contributed by atoms with Crippen molar-refractivity contribution in [3.63, 3.8) is 0 Å². The van der Waals surface area contributed by atoms with Gasteiger partial charge in [0.05, 0.1) is 15.8 Å². The van der Waals surface area contributed by atoms with Gasteiger partial charge in [-0.3, -0.25) is 4.79 Å². The van der Waals surface area contributed by atoms with E-state index in [1.807, 2.05) is 0 Å². The van der Waals surface area contributed by atoms with Crippen LogP contribution in [0.3, 0.4) is 0 Å². The van der Waals surface area contributed by atoms with Gasteiger partial charge in [0.15, 0.2) is 0 Å². The fourth-order valence-corrected chi connectivity index (χ4v) is 3.04. The molecule has 7 heteroatoms. The Morgan fingerprint density at radius 3 is 2.14 bits per heavy atom. The van der Waals surface area contributed by atoms with Crippen LogP contribution in [-0.4, -0.2) is 11.7 Å². The Hall–Kier alpha value is -1.30. The van der Waals surface area contributed by atoms with E-state index >= 15 is 0 Å². The van der Waals surface area contributed by atoms with Crippen molar-refractivity contribution in [3.05, 3.63) is 58.1 Å². The van der Waals surface area contributed by atoms with Crippen molar-refractivity contribution >= 4 is 46.6 Å². The lowest BCUT2D eigenvalue weighted by Gasteiger charge is -2.08. The van der Waals surface area contributed by atoms with E-state index < -0.39 is 23.2 Å². The molecule has 0 atom stereocenters. The molecule has 0 bridgehead atoms. The first-order valence-electron chi connectivity index (χ1n) is 5.79. The highest BCUT2D eigenvalue weighted by Crippen LogP contribution is 2.33. The summed E-state index contributed by atoms with van der Waals surface area (Å²) >= 11 is 13.0. The number of amides is 1. The number of rotatable bonds is 4. The highest BCUT2D eigenvalue weighted by atomic mass is 35.5. The van der Waals surface area contributed by atoms with Crippen molar-refractivity contribution in [3.8, 4) is 0 Å². The molecule has 0 spiro atoms. The van der Waals surface area contributed by atoms with Crippen molar-refractivity contribution < 1.29 is 13.6 Å². The van der Waals surface area contributed by atoms with Crippen LogP contribution in [0, 0.1) is 11.6 Å². The van der Waals surface area contributed by atoms with Gasteiger partial charge in [0, 0.05) is 4.90 Å². The van der Waals surface area contributed by atoms with Gasteiger partial charge in [-0.15, -0.1) is 11.8 Å². The van der Waals surface area contributed by atoms with E-state index in [1.165, 1.54) is 6.07 Å². The van der Waals surface area contributed by atoms with Gasteiger partial charge in [-0.2, -0.15) is 0 Å². The van der Waals surface area contributed by atoms with E-state index in [2.05, 4.69) is 5.32 Å². The summed E-state index contributed by atoms with van der Waals surface area (Å²) in [6.07, 6.45) is 0. The van der Waals surface area contributed by atoms with Gasteiger partial charge in [-0.05, 0) is 24.3 Å². The second kappa shape index (κ2) is 7.11. The molecule has 1 amide bonds. The number of carbonyl (C=O) groups is 1. The van der Waals surface area contributed by atoms with Crippen LogP contribution in [0.1, 0.15) is 0 Å². The average molecular weight is 348 g/mol. The number of halogens is 4. The number of anilines is 1. The zero-order valence-electron chi connectivity index (χ0n) is 10.5. The SMILES string of the molecule is O=C(CSc1c(Cl)cccc1Cl)Nc1c(F)cccc1F. The first-order valence-corrected chi connectivity index (χ1v) is 7.54. The van der Waals surface area contributed by atoms with E-state index in [0.717, 1.165) is 23.9 Å². The molecule has 2 nitrogen and oxygen atoms in total. The summed E-state index contributed by atoms with van der Waals surface area (Å²) < 4.78 is 26.8. The quantitative estimate of drug-likeness (QED) is 0.788. The van der Waals surface area contributed by atoms with Crippen LogP contribution in [0.5, 0.6) is 0 Å². The zero-order chi connectivity index (χ0) is 15.4. The fourth-order valence-electron chi connectivity index (χ4n) is 1.55. The Balaban J connectivity index is 2.03. The maximum Gasteiger partial charge on any atom is 0.234 e. The Morgan fingerprint density at radius 1 is 1.05 bits per heavy atom. The third-order valence-corrected chi connectivity index (χ3v) is 4.48. The molecule has 2 aromatic carbocycles. The molecule has 110 valence electrons. The first kappa shape index (κ1) is 16.1. The summed E-state index contributed by atoms with van der Waals surface area (Å²) in [5.74, 6) is -2.29. The van der Waals surface area contributed by atoms with Crippen LogP contribution in [0.4, 0.5) is 14.5 Å². The van der Waals surface area contributed by atoms with Crippen LogP contribution < -0.4 is 5.32 Å². The zero-order valence-corrected chi connectivity index (χ0v) is 12.8. The van der Waals surface area contributed by atoms with E-state index in [0.29, 0.717) is 14.9 Å². The number of benzene rings is 2. The number of thioether (sulfide) groups is 1. The summed E-state index contributed by atoms with van der Waals surface area (Å²) in [7, 11) is 0. The maximum atomic E-state index is 13.4. The lowest BCUT2D eigenvalue weighted by atomic mass is 10.3. The molecule has 0 aliphatic rings. The third kappa shape index (κ3) is 4.09. The van der Waals surface area contributed by atoms with Crippen LogP contribution in [0.25, 0.3) is 0 Å². The van der Waals surface area contributed by atoms with Crippen molar-refractivity contribution in [2.45, 2.75) is 4.90 Å². The first-order chi connectivity index (χ1) is 9.99. The number of para-hydroxylation sites is 1. The van der Waals surface area contributed by atoms with Gasteiger partial charge in [-0.1, -0.05) is 35.3 Å². The van der Waals surface area contributed by atoms with Crippen LogP contribution in [-0.2, 0) is 4.79 Å². The number of hydrogen-bond acceptors (Lipinski definition) is 2. The lowest BCUT2D eigenvalue weighted by Crippen LogP contribution is -2.16. The molecular weight excluding hydrogens is 339 g/mol. The number of nitrogens with one attached hydrogen (secondary N) is 1. The van der Waals surface area contributed by atoms with Gasteiger partial charge in [-0.25, -0.2) is 8.78 Å². The van der Waals surface area contributed by atoms with Crippen LogP contribution in [0.2, 0.25) is 10.0 Å². The summed E-state index contributed by atoms with van der Waals surface area (Å²) in [6, 6.07) is 8.32. The molecule has 2 aromatic rings. The van der Waals surface area contributed by atoms with Gasteiger partial charge in [0.2, 0.25) is 5.91 Å². The largest absolute Gasteiger partial charge is 0.320 e. The lowest BCUT2D eigenvalue weighted by molar-refractivity contribution is -0.113. The minimum absolute atomic E-state index is 0.0722. The van der Waals surface area contributed by atoms with Crippen molar-refractivity contribution in [1.82, 2.24) is 0 Å². The summed E-state index contributed by atoms with van der Waals surface area (Å²) in [5, 5.41) is 3.02. The standard InChI is InChI=1S/C14H9Cl2F2NOS/c15-8-3-1-4-9(16)14(8)21-7-12(20)19-13-10(17)5-2-6-11(13)18/h1-6H,7H2,(H,19,20). The number of hydrogen-bond donors (Lipinski definition) is 1. The van der Waals surface area contributed by atoms with Gasteiger partial charge in [0.25, 0.3) is 0 Å². The Labute approximate surface area is 134 Å². The molecule has 2 rings (SSSR count). The highest BCUT2D eigenvalue weighted by molar-refractivity contribution is 8.00. The molecule has 0 aliphatic carbocycles. The molecule has 0 unspecified atom stereocenters. The van der Waals surface area contributed by atoms with Gasteiger partial charge < -0.3 is 5.32 Å². The van der Waals surface area contributed by atoms with Crippen molar-refractivity contribution in [1.29, 1.82) is 0 Å². The van der Waals surface area contributed by atoms with Gasteiger partial charge in [0.1, 0.15) is 17.3 Å². The molecule has 0 heterocycles. The molecular formula is C14H9Cl2F2NOS. The smallest absolute Gasteiger partial charge is 0.234 e. The second-order valence-electron chi connectivity index (χ2n) is 3.98. The third-order valence-electron chi connectivity index (χ3n) is 2.49. The molecule has 1 N–H and O–H groups in total. The van der Waals surface area contributed by atoms with E-state index in [9.17, 15) is 13.6 Å². The molecule has 0 saturated carbocycles. The summed E-state index contributed by atoms with van der Waals surface area (Å²) in [6.45, 7) is 0. The molecule has 0 radical (unpaired) electrons. The monoisotopic (exact) mass is 347 g/mol. The maximum absolute atomic E-state index is 13.4. The molecule has 0 aliphatic heterocycles. The molecule has 0 saturated heterocycles. The molecule has 21 heavy (non-hydrogen) atoms. The minimum atomic E-state index is -0.830. The van der Waals surface area contributed by atoms with Crippen LogP contribution >= 0.6 is 35.0 Å². The summed E-state index contributed by atoms with van der Waals surface area (Å²) in [5.41, 5.74) is -0.464. The Bertz CT molecular complexity index is 642. The van der Waals surface area contributed by atoms with E-state index in [-0.39, 0.29) is 5.75 Å². The second-order valence-corrected chi connectivity index (χ2v) is 5.78. The fraction of sp³-hybridized carbons (Fsp3) is 0.0714. The topological polar surface area (TPSA) is 29.1 Å². The van der Waals surface area contributed by atoms with Crippen LogP contribution in [0.15, 0.2) is 41.3 Å². The van der Waals surface area contributed by atoms with Crippen molar-refractivity contribution in [2.75, 3.05) is 11.1 Å². The normalized spacial score (nSPS) is 10.5. The predicted octanol–water partition coefficient (Wildman–Crippen LogP) is 5.00. The highest BCUT2D eigenvalue weighted by Gasteiger charge is 2.13. The average Bonchev–Trinajstić information content (AvgIpc) is 2.42. The Morgan fingerprint density at radius 2 is 1.57 bits per heavy atom. The minimum Gasteiger partial charge on any atom is -0.320 e. The van der Waals surface area contributed by atoms with Crippen molar-refractivity contribution in [2.24, 2.45) is 0 Å². The van der Waals surface area contributed by atoms with E-state index in [4.69, 9.17) is 23.2 Å². The molecule has 0 aromatic heterocycles. The predicted molar refractivity (Wildman–Crippen MR) is 82.2 cm³/mol. The summed E-state index contributed by atoms with van der Waals surface area (Å²) in [4.78, 5) is 12.3. The van der Waals surface area contributed by atoms with Gasteiger partial charge >= 0.3 is 0 Å². The number of carbonyl (C=O) groups excluding carboxylic acids is 1. The Kier molecular flexibility index (Phi) is 5.45.